The van der Waals surface area contributed by atoms with Crippen LogP contribution < -0.4 is 4.90 Å². The van der Waals surface area contributed by atoms with Crippen LogP contribution in [-0.4, -0.2) is 69.8 Å². The molecule has 0 N–H and O–H groups in total. The minimum Gasteiger partial charge on any atom is -0.743 e. The van der Waals surface area contributed by atoms with Gasteiger partial charge in [-0.1, -0.05) is 161 Å². The van der Waals surface area contributed by atoms with Crippen LogP contribution in [0.1, 0.15) is 102 Å². The predicted molar refractivity (Wildman–Crippen MR) is 270 cm³/mol. The van der Waals surface area contributed by atoms with E-state index >= 15 is 0 Å². The van der Waals surface area contributed by atoms with Gasteiger partial charge in [0.2, 0.25) is 5.69 Å². The summed E-state index contributed by atoms with van der Waals surface area (Å²) in [6, 6.07) is 26.5. The number of para-hydroxylation sites is 2. The standard InChI is InChI=1S/C48H55N4S3.C4HF9O3S/c1-8-11-31-51-40-19-15-13-17-38(40)47(4,5)42(51)29-27-36-25-26-37(28-30-43-48(6,7)39-18-14-16-20-41(39)52(43)32-12-9-2)44(36)54-46-50-49-45(55-46)53-33-35-23-21-34(10-3)22-24-35;5-1(6,3(9,10)11)2(7,8)4(12,13)17(14,15)16/h10,13-24,27-30H,3,8-9,11-12,25-26,31-33H2,1-2,4-7H3;(H,14,15,16)/q+1;/p-1. The first-order valence-electron chi connectivity index (χ1n) is 23.1. The van der Waals surface area contributed by atoms with Crippen molar-refractivity contribution in [2.75, 3.05) is 18.0 Å². The van der Waals surface area contributed by atoms with Crippen LogP contribution >= 0.6 is 34.9 Å². The second-order valence-corrected chi connectivity index (χ2v) is 23.3. The highest BCUT2D eigenvalue weighted by Gasteiger charge is 2.83. The average Bonchev–Trinajstić information content (AvgIpc) is 4.05. The molecule has 0 atom stereocenters. The average molecular weight is 1080 g/mol. The molecule has 3 aromatic carbocycles. The van der Waals surface area contributed by atoms with Crippen LogP contribution in [0.3, 0.4) is 0 Å². The van der Waals surface area contributed by atoms with E-state index in [4.69, 9.17) is 5.10 Å². The van der Waals surface area contributed by atoms with Gasteiger partial charge in [-0.05, 0) is 73.1 Å². The fourth-order valence-corrected chi connectivity index (χ4v) is 12.4. The zero-order chi connectivity index (χ0) is 53.1. The van der Waals surface area contributed by atoms with Crippen LogP contribution in [0.5, 0.6) is 0 Å². The lowest BCUT2D eigenvalue weighted by molar-refractivity contribution is -0.438. The van der Waals surface area contributed by atoms with E-state index in [1.54, 1.807) is 34.9 Å². The normalized spacial score (nSPS) is 18.1. The highest BCUT2D eigenvalue weighted by Crippen LogP contribution is 2.55. The van der Waals surface area contributed by atoms with E-state index in [2.05, 4.69) is 160 Å². The van der Waals surface area contributed by atoms with Crippen molar-refractivity contribution in [1.29, 1.82) is 0 Å². The maximum absolute atomic E-state index is 12.2. The van der Waals surface area contributed by atoms with Gasteiger partial charge in [0.25, 0.3) is 0 Å². The first-order valence-corrected chi connectivity index (χ1v) is 27.1. The van der Waals surface area contributed by atoms with Crippen molar-refractivity contribution in [3.8, 4) is 0 Å². The molecule has 7 rings (SSSR count). The number of hydrogen-bond donors (Lipinski definition) is 0. The Morgan fingerprint density at radius 2 is 1.42 bits per heavy atom. The monoisotopic (exact) mass is 1080 g/mol. The topological polar surface area (TPSA) is 89.2 Å². The summed E-state index contributed by atoms with van der Waals surface area (Å²) in [6.45, 7) is 20.0. The SMILES string of the molecule is C=Cc1ccc(CSc2nnc(SC3=C(/C=C/C4=[N+](CCCC)c5ccccc5C4(C)C)CC/C3=C\C=C3\N(CCCC)c4ccccc4C3(C)C)s2)cc1.O=S(=O)([O-])C(F)(F)C(F)(F)C(F)(F)C(F)(F)F. The van der Waals surface area contributed by atoms with Gasteiger partial charge in [-0.2, -0.15) is 44.1 Å². The summed E-state index contributed by atoms with van der Waals surface area (Å²) in [6.07, 6.45) is 11.1. The molecular weight excluding hydrogens is 1030 g/mol. The molecule has 4 aromatic rings. The van der Waals surface area contributed by atoms with Gasteiger partial charge in [-0.3, -0.25) is 0 Å². The van der Waals surface area contributed by atoms with Crippen LogP contribution in [0.15, 0.2) is 134 Å². The molecule has 0 saturated carbocycles. The number of fused-ring (bicyclic) bond motifs is 2. The number of thioether (sulfide) groups is 2. The summed E-state index contributed by atoms with van der Waals surface area (Å²) >= 11 is 5.26. The number of nitrogens with zero attached hydrogens (tertiary/aromatic N) is 4. The number of benzene rings is 3. The number of halogens is 9. The largest absolute Gasteiger partial charge is 0.743 e. The van der Waals surface area contributed by atoms with Crippen LogP contribution in [0.4, 0.5) is 50.9 Å². The summed E-state index contributed by atoms with van der Waals surface area (Å²) in [4.78, 5) is 3.89. The summed E-state index contributed by atoms with van der Waals surface area (Å²) < 4.78 is 140. The third kappa shape index (κ3) is 11.4. The zero-order valence-corrected chi connectivity index (χ0v) is 43.7. The van der Waals surface area contributed by atoms with Crippen molar-refractivity contribution in [2.45, 2.75) is 129 Å². The summed E-state index contributed by atoms with van der Waals surface area (Å²) in [5.74, 6) is -14.0. The molecule has 0 unspecified atom stereocenters. The highest BCUT2D eigenvalue weighted by atomic mass is 32.2. The molecule has 20 heteroatoms. The molecule has 1 aromatic heterocycles. The second-order valence-electron chi connectivity index (χ2n) is 18.4. The maximum atomic E-state index is 12.2. The molecule has 0 spiro atoms. The lowest BCUT2D eigenvalue weighted by atomic mass is 9.81. The molecule has 3 heterocycles. The van der Waals surface area contributed by atoms with Crippen molar-refractivity contribution in [1.82, 2.24) is 10.2 Å². The first-order chi connectivity index (χ1) is 33.6. The number of hydrogen-bond acceptors (Lipinski definition) is 9. The Kier molecular flexibility index (Phi) is 17.4. The molecule has 0 fully saturated rings. The van der Waals surface area contributed by atoms with E-state index in [9.17, 15) is 52.5 Å². The Morgan fingerprint density at radius 1 is 0.792 bits per heavy atom. The third-order valence-electron chi connectivity index (χ3n) is 12.8. The highest BCUT2D eigenvalue weighted by molar-refractivity contribution is 8.05. The van der Waals surface area contributed by atoms with Gasteiger partial charge >= 0.3 is 23.3 Å². The molecular formula is C52H55F9N4O3S4. The Labute approximate surface area is 427 Å². The van der Waals surface area contributed by atoms with E-state index in [0.717, 1.165) is 45.9 Å². The van der Waals surface area contributed by atoms with Crippen LogP contribution in [0.2, 0.25) is 0 Å². The molecule has 7 nitrogen and oxygen atoms in total. The van der Waals surface area contributed by atoms with Crippen LogP contribution in [-0.2, 0) is 26.7 Å². The quantitative estimate of drug-likeness (QED) is 0.0421. The summed E-state index contributed by atoms with van der Waals surface area (Å²) in [5.41, 5.74) is 13.3. The van der Waals surface area contributed by atoms with Crippen LogP contribution in [0, 0.1) is 0 Å². The van der Waals surface area contributed by atoms with Crippen LogP contribution in [0.25, 0.3) is 6.08 Å². The van der Waals surface area contributed by atoms with E-state index in [-0.39, 0.29) is 10.8 Å². The fourth-order valence-electron chi connectivity index (χ4n) is 8.70. The number of anilines is 1. The lowest BCUT2D eigenvalue weighted by Gasteiger charge is -2.34. The van der Waals surface area contributed by atoms with Gasteiger partial charge in [0.05, 0.1) is 5.41 Å². The Balaban J connectivity index is 0.000000427. The van der Waals surface area contributed by atoms with Gasteiger partial charge in [0, 0.05) is 58.1 Å². The van der Waals surface area contributed by atoms with Crippen molar-refractivity contribution >= 4 is 68.1 Å². The molecule has 72 heavy (non-hydrogen) atoms. The van der Waals surface area contributed by atoms with E-state index < -0.39 is 33.4 Å². The van der Waals surface area contributed by atoms with Gasteiger partial charge in [-0.25, -0.2) is 8.42 Å². The predicted octanol–water partition coefficient (Wildman–Crippen LogP) is 15.4. The second kappa shape index (κ2) is 22.1. The smallest absolute Gasteiger partial charge is 0.460 e. The van der Waals surface area contributed by atoms with E-state index in [1.807, 2.05) is 6.08 Å². The number of unbranched alkanes of at least 4 members (excludes halogenated alkanes) is 2. The Hall–Kier alpha value is -4.63. The minimum absolute atomic E-state index is 0.0707. The molecule has 388 valence electrons. The van der Waals surface area contributed by atoms with E-state index in [0.29, 0.717) is 0 Å². The number of aromatic nitrogens is 2. The molecule has 3 aliphatic rings. The number of allylic oxidation sites excluding steroid dienone is 7. The first kappa shape index (κ1) is 56.7. The molecule has 0 radical (unpaired) electrons. The molecule has 2 aliphatic heterocycles. The summed E-state index contributed by atoms with van der Waals surface area (Å²) in [5, 5.41) is 2.26. The maximum Gasteiger partial charge on any atom is 0.460 e. The third-order valence-corrected chi connectivity index (χ3v) is 17.1. The van der Waals surface area contributed by atoms with Gasteiger partial charge in [0.1, 0.15) is 6.54 Å². The Morgan fingerprint density at radius 3 is 2.04 bits per heavy atom. The van der Waals surface area contributed by atoms with Gasteiger partial charge < -0.3 is 9.45 Å². The molecule has 1 aliphatic carbocycles. The summed E-state index contributed by atoms with van der Waals surface area (Å²) in [7, 11) is -7.42. The molecule has 0 amide bonds. The van der Waals surface area contributed by atoms with Gasteiger partial charge in [-0.15, -0.1) is 10.2 Å². The molecule has 0 saturated heterocycles. The van der Waals surface area contributed by atoms with Crippen molar-refractivity contribution in [3.05, 3.63) is 148 Å². The van der Waals surface area contributed by atoms with Gasteiger partial charge in [0.15, 0.2) is 24.5 Å². The number of alkyl halides is 9. The minimum atomic E-state index is -7.43. The number of rotatable bonds is 18. The van der Waals surface area contributed by atoms with Crippen molar-refractivity contribution < 1.29 is 57.1 Å². The zero-order valence-electron chi connectivity index (χ0n) is 40.4. The Bertz CT molecular complexity index is 2900. The fraction of sp³-hybridized carbons (Fsp3) is 0.404. The van der Waals surface area contributed by atoms with Crippen molar-refractivity contribution in [2.24, 2.45) is 0 Å². The molecule has 0 bridgehead atoms. The van der Waals surface area contributed by atoms with E-state index in [1.165, 1.54) is 81.2 Å². The van der Waals surface area contributed by atoms with Crippen molar-refractivity contribution in [3.63, 3.8) is 0 Å². The lowest BCUT2D eigenvalue weighted by Crippen LogP contribution is -2.63.